The highest BCUT2D eigenvalue weighted by Crippen LogP contribution is 2.29. The zero-order valence-electron chi connectivity index (χ0n) is 7.56. The molecule has 1 aromatic rings. The first-order valence-electron chi connectivity index (χ1n) is 4.50. The second-order valence-corrected chi connectivity index (χ2v) is 3.27. The minimum Gasteiger partial charge on any atom is -0.489 e. The molecule has 0 amide bonds. The number of benzene rings is 1. The number of ether oxygens (including phenoxy) is 1. The van der Waals surface area contributed by atoms with Gasteiger partial charge in [-0.1, -0.05) is 12.1 Å². The number of nitrogens with zero attached hydrogens (tertiary/aromatic N) is 1. The maximum Gasteiger partial charge on any atom is 0.151 e. The largest absolute Gasteiger partial charge is 0.489 e. The van der Waals surface area contributed by atoms with Crippen molar-refractivity contribution in [3.05, 3.63) is 29.3 Å². The van der Waals surface area contributed by atoms with Gasteiger partial charge in [-0.15, -0.1) is 0 Å². The van der Waals surface area contributed by atoms with Crippen molar-refractivity contribution in [3.8, 4) is 11.8 Å². The second-order valence-electron chi connectivity index (χ2n) is 3.27. The van der Waals surface area contributed by atoms with Crippen LogP contribution in [0.5, 0.6) is 5.75 Å². The number of hydrogen-bond acceptors (Lipinski definition) is 3. The highest BCUT2D eigenvalue weighted by molar-refractivity contribution is 5.80. The van der Waals surface area contributed by atoms with Crippen molar-refractivity contribution in [1.29, 1.82) is 5.26 Å². The van der Waals surface area contributed by atoms with Crippen LogP contribution in [0.1, 0.15) is 28.8 Å². The van der Waals surface area contributed by atoms with E-state index in [4.69, 9.17) is 10.00 Å². The van der Waals surface area contributed by atoms with E-state index in [9.17, 15) is 4.79 Å². The smallest absolute Gasteiger partial charge is 0.151 e. The molecule has 70 valence electrons. The van der Waals surface area contributed by atoms with Gasteiger partial charge in [-0.05, 0) is 18.9 Å². The third-order valence-corrected chi connectivity index (χ3v) is 2.12. The van der Waals surface area contributed by atoms with Gasteiger partial charge in [0.05, 0.1) is 6.10 Å². The average molecular weight is 187 g/mol. The van der Waals surface area contributed by atoms with Gasteiger partial charge < -0.3 is 4.74 Å². The van der Waals surface area contributed by atoms with Crippen LogP contribution < -0.4 is 4.74 Å². The minimum atomic E-state index is 0.240. The van der Waals surface area contributed by atoms with Gasteiger partial charge >= 0.3 is 0 Å². The third-order valence-electron chi connectivity index (χ3n) is 2.12. The van der Waals surface area contributed by atoms with Crippen LogP contribution in [0.4, 0.5) is 0 Å². The average Bonchev–Trinajstić information content (AvgIpc) is 3.01. The van der Waals surface area contributed by atoms with E-state index in [2.05, 4.69) is 0 Å². The Morgan fingerprint density at radius 3 is 2.86 bits per heavy atom. The predicted molar refractivity (Wildman–Crippen MR) is 50.2 cm³/mol. The van der Waals surface area contributed by atoms with Crippen LogP contribution >= 0.6 is 0 Å². The van der Waals surface area contributed by atoms with E-state index >= 15 is 0 Å². The van der Waals surface area contributed by atoms with Crippen molar-refractivity contribution in [3.63, 3.8) is 0 Å². The molecule has 1 fully saturated rings. The Bertz CT molecular complexity index is 402. The number of nitriles is 1. The summed E-state index contributed by atoms with van der Waals surface area (Å²) in [6.45, 7) is 0. The molecule has 0 bridgehead atoms. The van der Waals surface area contributed by atoms with E-state index in [1.54, 1.807) is 18.2 Å². The van der Waals surface area contributed by atoms with Crippen molar-refractivity contribution in [2.75, 3.05) is 0 Å². The van der Waals surface area contributed by atoms with Crippen LogP contribution in [-0.4, -0.2) is 12.4 Å². The van der Waals surface area contributed by atoms with Crippen molar-refractivity contribution in [1.82, 2.24) is 0 Å². The molecule has 0 radical (unpaired) electrons. The predicted octanol–water partition coefficient (Wildman–Crippen LogP) is 1.91. The molecular formula is C11H9NO2. The Kier molecular flexibility index (Phi) is 2.19. The summed E-state index contributed by atoms with van der Waals surface area (Å²) in [6.07, 6.45) is 2.99. The number of aldehydes is 1. The Morgan fingerprint density at radius 2 is 2.29 bits per heavy atom. The lowest BCUT2D eigenvalue weighted by molar-refractivity contribution is 0.112. The van der Waals surface area contributed by atoms with Crippen molar-refractivity contribution < 1.29 is 9.53 Å². The summed E-state index contributed by atoms with van der Waals surface area (Å²) in [5.74, 6) is 0.527. The lowest BCUT2D eigenvalue weighted by Gasteiger charge is -2.06. The molecule has 0 heterocycles. The minimum absolute atomic E-state index is 0.240. The number of carbonyl (C=O) groups is 1. The van der Waals surface area contributed by atoms with Crippen LogP contribution in [0.25, 0.3) is 0 Å². The molecule has 3 heteroatoms. The monoisotopic (exact) mass is 187 g/mol. The molecule has 0 saturated heterocycles. The van der Waals surface area contributed by atoms with E-state index in [0.717, 1.165) is 12.8 Å². The van der Waals surface area contributed by atoms with Gasteiger partial charge in [0.2, 0.25) is 0 Å². The summed E-state index contributed by atoms with van der Waals surface area (Å²) in [5, 5.41) is 8.87. The Hall–Kier alpha value is -1.82. The molecule has 1 saturated carbocycles. The topological polar surface area (TPSA) is 50.1 Å². The zero-order valence-corrected chi connectivity index (χ0v) is 7.56. The van der Waals surface area contributed by atoms with Gasteiger partial charge in [0.25, 0.3) is 0 Å². The molecule has 1 aromatic carbocycles. The van der Waals surface area contributed by atoms with Crippen molar-refractivity contribution >= 4 is 6.29 Å². The van der Waals surface area contributed by atoms with Gasteiger partial charge in [0.1, 0.15) is 17.4 Å². The SMILES string of the molecule is N#Cc1c(C=O)cccc1OC1CC1. The second kappa shape index (κ2) is 3.51. The van der Waals surface area contributed by atoms with Crippen LogP contribution in [-0.2, 0) is 0 Å². The highest BCUT2D eigenvalue weighted by Gasteiger charge is 2.25. The first-order chi connectivity index (χ1) is 6.85. The van der Waals surface area contributed by atoms with Gasteiger partial charge in [-0.2, -0.15) is 5.26 Å². The maximum atomic E-state index is 10.6. The zero-order chi connectivity index (χ0) is 9.97. The van der Waals surface area contributed by atoms with Gasteiger partial charge in [-0.25, -0.2) is 0 Å². The summed E-state index contributed by atoms with van der Waals surface area (Å²) < 4.78 is 5.51. The summed E-state index contributed by atoms with van der Waals surface area (Å²) in [6, 6.07) is 7.06. The highest BCUT2D eigenvalue weighted by atomic mass is 16.5. The van der Waals surface area contributed by atoms with E-state index < -0.39 is 0 Å². The van der Waals surface area contributed by atoms with Crippen molar-refractivity contribution in [2.45, 2.75) is 18.9 Å². The molecule has 0 spiro atoms. The Morgan fingerprint density at radius 1 is 1.50 bits per heavy atom. The lowest BCUT2D eigenvalue weighted by Crippen LogP contribution is -2.00. The number of rotatable bonds is 3. The van der Waals surface area contributed by atoms with Crippen LogP contribution in [0.3, 0.4) is 0 Å². The molecule has 1 aliphatic carbocycles. The van der Waals surface area contributed by atoms with Crippen molar-refractivity contribution in [2.24, 2.45) is 0 Å². The van der Waals surface area contributed by atoms with E-state index in [-0.39, 0.29) is 6.10 Å². The fraction of sp³-hybridized carbons (Fsp3) is 0.273. The summed E-state index contributed by atoms with van der Waals surface area (Å²) in [4.78, 5) is 10.6. The van der Waals surface area contributed by atoms with Crippen LogP contribution in [0.2, 0.25) is 0 Å². The van der Waals surface area contributed by atoms with Crippen LogP contribution in [0, 0.1) is 11.3 Å². The molecule has 0 unspecified atom stereocenters. The maximum absolute atomic E-state index is 10.6. The molecule has 1 aliphatic rings. The summed E-state index contributed by atoms with van der Waals surface area (Å²) in [5.41, 5.74) is 0.736. The molecule has 0 atom stereocenters. The van der Waals surface area contributed by atoms with E-state index in [0.29, 0.717) is 23.2 Å². The van der Waals surface area contributed by atoms with E-state index in [1.807, 2.05) is 6.07 Å². The fourth-order valence-corrected chi connectivity index (χ4v) is 1.23. The first-order valence-corrected chi connectivity index (χ1v) is 4.50. The summed E-state index contributed by atoms with van der Waals surface area (Å²) in [7, 11) is 0. The normalized spacial score (nSPS) is 14.5. The summed E-state index contributed by atoms with van der Waals surface area (Å²) >= 11 is 0. The van der Waals surface area contributed by atoms with Gasteiger partial charge in [0, 0.05) is 5.56 Å². The Balaban J connectivity index is 2.37. The molecule has 0 N–H and O–H groups in total. The standard InChI is InChI=1S/C11H9NO2/c12-6-10-8(7-13)2-1-3-11(10)14-9-4-5-9/h1-3,7,9H,4-5H2. The molecule has 0 aliphatic heterocycles. The lowest BCUT2D eigenvalue weighted by atomic mass is 10.1. The Labute approximate surface area is 81.9 Å². The van der Waals surface area contributed by atoms with Gasteiger partial charge in [0.15, 0.2) is 6.29 Å². The number of hydrogen-bond donors (Lipinski definition) is 0. The third kappa shape index (κ3) is 1.60. The molecule has 2 rings (SSSR count). The molecular weight excluding hydrogens is 178 g/mol. The molecule has 0 aromatic heterocycles. The number of carbonyl (C=O) groups excluding carboxylic acids is 1. The molecule has 3 nitrogen and oxygen atoms in total. The van der Waals surface area contributed by atoms with Gasteiger partial charge in [-0.3, -0.25) is 4.79 Å². The quantitative estimate of drug-likeness (QED) is 0.679. The van der Waals surface area contributed by atoms with Crippen LogP contribution in [0.15, 0.2) is 18.2 Å². The fourth-order valence-electron chi connectivity index (χ4n) is 1.23. The molecule has 14 heavy (non-hydrogen) atoms. The van der Waals surface area contributed by atoms with E-state index in [1.165, 1.54) is 0 Å². The first kappa shape index (κ1) is 8.76.